The van der Waals surface area contributed by atoms with Crippen molar-refractivity contribution in [3.8, 4) is 5.75 Å². The van der Waals surface area contributed by atoms with Gasteiger partial charge in [-0.15, -0.1) is 24.0 Å². The highest BCUT2D eigenvalue weighted by molar-refractivity contribution is 14.0. The molecule has 0 spiro atoms. The zero-order valence-electron chi connectivity index (χ0n) is 16.3. The standard InChI is InChI=1S/C20H26N4O3.HI/c1-15(17-7-9-19(27-3)10-8-17)11-12-22-20(21-2)23-14-16-5-4-6-18(13-16)24(25)26;/h4-10,13,15H,11-12,14H2,1-3H3,(H2,21,22,23);1H. The molecule has 0 bridgehead atoms. The lowest BCUT2D eigenvalue weighted by molar-refractivity contribution is -0.384. The van der Waals surface area contributed by atoms with Crippen molar-refractivity contribution in [2.75, 3.05) is 20.7 Å². The van der Waals surface area contributed by atoms with Gasteiger partial charge in [0.15, 0.2) is 5.96 Å². The lowest BCUT2D eigenvalue weighted by Crippen LogP contribution is -2.37. The van der Waals surface area contributed by atoms with Crippen LogP contribution in [0.5, 0.6) is 5.75 Å². The van der Waals surface area contributed by atoms with Gasteiger partial charge in [0.2, 0.25) is 0 Å². The first-order valence-electron chi connectivity index (χ1n) is 8.85. The molecule has 2 rings (SSSR count). The number of methoxy groups -OCH3 is 1. The summed E-state index contributed by atoms with van der Waals surface area (Å²) in [6, 6.07) is 14.7. The monoisotopic (exact) mass is 498 g/mol. The third kappa shape index (κ3) is 7.34. The Morgan fingerprint density at radius 2 is 1.93 bits per heavy atom. The van der Waals surface area contributed by atoms with Gasteiger partial charge in [0.25, 0.3) is 5.69 Å². The molecule has 0 radical (unpaired) electrons. The van der Waals surface area contributed by atoms with E-state index in [4.69, 9.17) is 4.74 Å². The van der Waals surface area contributed by atoms with E-state index < -0.39 is 4.92 Å². The van der Waals surface area contributed by atoms with Gasteiger partial charge in [-0.05, 0) is 35.6 Å². The highest BCUT2D eigenvalue weighted by Gasteiger charge is 2.08. The number of rotatable bonds is 8. The predicted octanol–water partition coefficient (Wildman–Crippen LogP) is 4.08. The first-order valence-corrected chi connectivity index (χ1v) is 8.85. The molecule has 152 valence electrons. The Kier molecular flexibility index (Phi) is 10.3. The second-order valence-corrected chi connectivity index (χ2v) is 6.24. The number of hydrogen-bond acceptors (Lipinski definition) is 4. The van der Waals surface area contributed by atoms with Crippen LogP contribution < -0.4 is 15.4 Å². The van der Waals surface area contributed by atoms with Crippen LogP contribution in [-0.2, 0) is 6.54 Å². The van der Waals surface area contributed by atoms with Gasteiger partial charge in [-0.2, -0.15) is 0 Å². The second-order valence-electron chi connectivity index (χ2n) is 6.24. The number of nitro groups is 1. The van der Waals surface area contributed by atoms with Crippen LogP contribution in [0.1, 0.15) is 30.4 Å². The molecule has 1 atom stereocenters. The Labute approximate surface area is 182 Å². The molecule has 7 nitrogen and oxygen atoms in total. The van der Waals surface area contributed by atoms with Crippen molar-refractivity contribution >= 4 is 35.6 Å². The molecule has 2 N–H and O–H groups in total. The lowest BCUT2D eigenvalue weighted by atomic mass is 9.98. The van der Waals surface area contributed by atoms with E-state index in [-0.39, 0.29) is 29.7 Å². The molecule has 0 aliphatic rings. The predicted molar refractivity (Wildman–Crippen MR) is 123 cm³/mol. The van der Waals surface area contributed by atoms with Crippen molar-refractivity contribution in [2.45, 2.75) is 25.8 Å². The molecule has 2 aromatic rings. The highest BCUT2D eigenvalue weighted by atomic mass is 127. The van der Waals surface area contributed by atoms with E-state index >= 15 is 0 Å². The molecule has 0 aliphatic carbocycles. The minimum atomic E-state index is -0.392. The number of aliphatic imine (C=N–C) groups is 1. The number of non-ortho nitro benzene ring substituents is 1. The Bertz CT molecular complexity index is 781. The summed E-state index contributed by atoms with van der Waals surface area (Å²) in [5.41, 5.74) is 2.18. The maximum absolute atomic E-state index is 10.8. The molecule has 0 aromatic heterocycles. The number of hydrogen-bond donors (Lipinski definition) is 2. The van der Waals surface area contributed by atoms with Crippen LogP contribution >= 0.6 is 24.0 Å². The molecule has 2 aromatic carbocycles. The molecule has 0 saturated carbocycles. The summed E-state index contributed by atoms with van der Waals surface area (Å²) in [4.78, 5) is 14.7. The summed E-state index contributed by atoms with van der Waals surface area (Å²) in [5, 5.41) is 17.3. The average Bonchev–Trinajstić information content (AvgIpc) is 2.70. The molecule has 28 heavy (non-hydrogen) atoms. The van der Waals surface area contributed by atoms with Gasteiger partial charge in [-0.3, -0.25) is 15.1 Å². The molecule has 0 aliphatic heterocycles. The van der Waals surface area contributed by atoms with E-state index in [1.54, 1.807) is 26.3 Å². The molecular weight excluding hydrogens is 471 g/mol. The number of nitrogens with zero attached hydrogens (tertiary/aromatic N) is 2. The highest BCUT2D eigenvalue weighted by Crippen LogP contribution is 2.21. The molecule has 0 saturated heterocycles. The third-order valence-corrected chi connectivity index (χ3v) is 4.36. The number of guanidine groups is 1. The minimum absolute atomic E-state index is 0. The summed E-state index contributed by atoms with van der Waals surface area (Å²) < 4.78 is 5.19. The second kappa shape index (κ2) is 12.2. The maximum Gasteiger partial charge on any atom is 0.269 e. The van der Waals surface area contributed by atoms with Crippen molar-refractivity contribution in [3.05, 3.63) is 69.8 Å². The topological polar surface area (TPSA) is 88.8 Å². The van der Waals surface area contributed by atoms with E-state index in [9.17, 15) is 10.1 Å². The zero-order valence-corrected chi connectivity index (χ0v) is 18.7. The fourth-order valence-electron chi connectivity index (χ4n) is 2.69. The summed E-state index contributed by atoms with van der Waals surface area (Å²) in [5.74, 6) is 1.93. The van der Waals surface area contributed by atoms with E-state index in [0.717, 1.165) is 24.3 Å². The van der Waals surface area contributed by atoms with E-state index in [0.29, 0.717) is 18.4 Å². The molecule has 0 heterocycles. The van der Waals surface area contributed by atoms with E-state index in [1.807, 2.05) is 18.2 Å². The number of benzene rings is 2. The largest absolute Gasteiger partial charge is 0.497 e. The van der Waals surface area contributed by atoms with E-state index in [1.165, 1.54) is 11.6 Å². The van der Waals surface area contributed by atoms with Crippen LogP contribution in [0.3, 0.4) is 0 Å². The number of nitro benzene ring substituents is 1. The van der Waals surface area contributed by atoms with Crippen LogP contribution in [0.2, 0.25) is 0 Å². The zero-order chi connectivity index (χ0) is 19.6. The first kappa shape index (κ1) is 23.7. The molecule has 0 amide bonds. The van der Waals surface area contributed by atoms with Gasteiger partial charge < -0.3 is 15.4 Å². The van der Waals surface area contributed by atoms with Crippen LogP contribution in [-0.4, -0.2) is 31.6 Å². The Morgan fingerprint density at radius 3 is 2.54 bits per heavy atom. The molecule has 1 unspecified atom stereocenters. The summed E-state index contributed by atoms with van der Waals surface area (Å²) >= 11 is 0. The van der Waals surface area contributed by atoms with Crippen molar-refractivity contribution in [2.24, 2.45) is 4.99 Å². The molecule has 0 fully saturated rings. The third-order valence-electron chi connectivity index (χ3n) is 4.36. The van der Waals surface area contributed by atoms with Crippen molar-refractivity contribution in [3.63, 3.8) is 0 Å². The van der Waals surface area contributed by atoms with Crippen LogP contribution in [0.25, 0.3) is 0 Å². The number of halogens is 1. The Hall–Kier alpha value is -2.36. The van der Waals surface area contributed by atoms with Crippen LogP contribution in [0.4, 0.5) is 5.69 Å². The van der Waals surface area contributed by atoms with Crippen LogP contribution in [0.15, 0.2) is 53.5 Å². The first-order chi connectivity index (χ1) is 13.0. The molecular formula is C20H27IN4O3. The van der Waals surface area contributed by atoms with Gasteiger partial charge >= 0.3 is 0 Å². The SMILES string of the molecule is CN=C(NCCC(C)c1ccc(OC)cc1)NCc1cccc([N+](=O)[O-])c1.I. The van der Waals surface area contributed by atoms with Gasteiger partial charge in [-0.1, -0.05) is 31.2 Å². The van der Waals surface area contributed by atoms with Gasteiger partial charge in [0.1, 0.15) is 5.75 Å². The minimum Gasteiger partial charge on any atom is -0.497 e. The fourth-order valence-corrected chi connectivity index (χ4v) is 2.69. The Balaban J connectivity index is 0.00000392. The van der Waals surface area contributed by atoms with Crippen LogP contribution in [0, 0.1) is 10.1 Å². The smallest absolute Gasteiger partial charge is 0.269 e. The van der Waals surface area contributed by atoms with Crippen molar-refractivity contribution in [1.82, 2.24) is 10.6 Å². The quantitative estimate of drug-likeness (QED) is 0.188. The summed E-state index contributed by atoms with van der Waals surface area (Å²) in [6.45, 7) is 3.42. The summed E-state index contributed by atoms with van der Waals surface area (Å²) in [7, 11) is 3.37. The maximum atomic E-state index is 10.8. The van der Waals surface area contributed by atoms with E-state index in [2.05, 4.69) is 34.7 Å². The van der Waals surface area contributed by atoms with Gasteiger partial charge in [0, 0.05) is 32.3 Å². The number of ether oxygens (including phenoxy) is 1. The van der Waals surface area contributed by atoms with Crippen molar-refractivity contribution in [1.29, 1.82) is 0 Å². The van der Waals surface area contributed by atoms with Gasteiger partial charge in [0.05, 0.1) is 12.0 Å². The number of nitrogens with one attached hydrogen (secondary N) is 2. The van der Waals surface area contributed by atoms with Gasteiger partial charge in [-0.25, -0.2) is 0 Å². The average molecular weight is 498 g/mol. The lowest BCUT2D eigenvalue weighted by Gasteiger charge is -2.15. The molecule has 8 heteroatoms. The summed E-state index contributed by atoms with van der Waals surface area (Å²) in [6.07, 6.45) is 0.948. The fraction of sp³-hybridized carbons (Fsp3) is 0.350. The Morgan fingerprint density at radius 1 is 1.21 bits per heavy atom. The van der Waals surface area contributed by atoms with Crippen molar-refractivity contribution < 1.29 is 9.66 Å². The normalized spacial score (nSPS) is 11.9.